The number of hydrogen-bond donors (Lipinski definition) is 0. The lowest BCUT2D eigenvalue weighted by atomic mass is 9.87. The van der Waals surface area contributed by atoms with Gasteiger partial charge in [-0.3, -0.25) is 4.98 Å². The van der Waals surface area contributed by atoms with Crippen LogP contribution in [0.1, 0.15) is 44.0 Å². The molecule has 0 saturated heterocycles. The fraction of sp³-hybridized carbons (Fsp3) is 0.615. The summed E-state index contributed by atoms with van der Waals surface area (Å²) in [4.78, 5) is 4.52. The van der Waals surface area contributed by atoms with Crippen molar-refractivity contribution >= 4 is 0 Å². The van der Waals surface area contributed by atoms with Crippen LogP contribution in [0.15, 0.2) is 12.3 Å². The number of pyridine rings is 1. The minimum atomic E-state index is 0.190. The zero-order valence-corrected chi connectivity index (χ0v) is 9.84. The van der Waals surface area contributed by atoms with Crippen LogP contribution in [0.3, 0.4) is 0 Å². The van der Waals surface area contributed by atoms with Gasteiger partial charge < -0.3 is 4.74 Å². The molecule has 0 radical (unpaired) electrons. The summed E-state index contributed by atoms with van der Waals surface area (Å²) in [5, 5.41) is 0. The van der Waals surface area contributed by atoms with Crippen molar-refractivity contribution in [2.75, 3.05) is 6.61 Å². The predicted molar refractivity (Wildman–Crippen MR) is 60.9 cm³/mol. The Balaban J connectivity index is 2.36. The lowest BCUT2D eigenvalue weighted by Crippen LogP contribution is -2.13. The number of aromatic nitrogens is 1. The van der Waals surface area contributed by atoms with Crippen molar-refractivity contribution in [1.82, 2.24) is 4.98 Å². The van der Waals surface area contributed by atoms with E-state index in [1.165, 1.54) is 11.1 Å². The van der Waals surface area contributed by atoms with Crippen molar-refractivity contribution in [3.05, 3.63) is 29.1 Å². The third-order valence-electron chi connectivity index (χ3n) is 2.90. The first-order valence-electron chi connectivity index (χ1n) is 5.63. The Morgan fingerprint density at radius 2 is 2.13 bits per heavy atom. The Hall–Kier alpha value is -0.890. The highest BCUT2D eigenvalue weighted by atomic mass is 16.5. The summed E-state index contributed by atoms with van der Waals surface area (Å²) < 4.78 is 5.48. The average Bonchev–Trinajstić information content (AvgIpc) is 2.39. The van der Waals surface area contributed by atoms with E-state index in [-0.39, 0.29) is 5.41 Å². The minimum absolute atomic E-state index is 0.190. The molecular weight excluding hydrogens is 186 g/mol. The lowest BCUT2D eigenvalue weighted by molar-refractivity contribution is 0.122. The zero-order valence-electron chi connectivity index (χ0n) is 9.84. The molecule has 2 heteroatoms. The summed E-state index contributed by atoms with van der Waals surface area (Å²) in [6.07, 6.45) is 4.21. The van der Waals surface area contributed by atoms with Crippen LogP contribution in [0.4, 0.5) is 0 Å². The predicted octanol–water partition coefficient (Wildman–Crippen LogP) is 2.84. The topological polar surface area (TPSA) is 22.1 Å². The van der Waals surface area contributed by atoms with Crippen LogP contribution >= 0.6 is 0 Å². The molecule has 2 rings (SSSR count). The van der Waals surface area contributed by atoms with Gasteiger partial charge in [0.15, 0.2) is 0 Å². The van der Waals surface area contributed by atoms with Gasteiger partial charge in [0.05, 0.1) is 12.3 Å². The fourth-order valence-electron chi connectivity index (χ4n) is 1.83. The Morgan fingerprint density at radius 3 is 2.87 bits per heavy atom. The standard InChI is InChI=1S/C13H19NO/c1-13(2,3)11-7-10-5-4-6-15-9-12(10)14-8-11/h7-8H,4-6,9H2,1-3H3. The maximum absolute atomic E-state index is 5.48. The van der Waals surface area contributed by atoms with Crippen LogP contribution in [0.2, 0.25) is 0 Å². The van der Waals surface area contributed by atoms with E-state index >= 15 is 0 Å². The maximum Gasteiger partial charge on any atom is 0.0890 e. The molecule has 2 heterocycles. The summed E-state index contributed by atoms with van der Waals surface area (Å²) in [7, 11) is 0. The quantitative estimate of drug-likeness (QED) is 0.649. The number of aryl methyl sites for hydroxylation is 1. The van der Waals surface area contributed by atoms with E-state index < -0.39 is 0 Å². The van der Waals surface area contributed by atoms with Crippen molar-refractivity contribution in [3.8, 4) is 0 Å². The van der Waals surface area contributed by atoms with Gasteiger partial charge in [0.25, 0.3) is 0 Å². The van der Waals surface area contributed by atoms with Crippen molar-refractivity contribution < 1.29 is 4.74 Å². The molecule has 0 N–H and O–H groups in total. The smallest absolute Gasteiger partial charge is 0.0890 e. The minimum Gasteiger partial charge on any atom is -0.375 e. The van der Waals surface area contributed by atoms with Crippen LogP contribution in [-0.2, 0) is 23.2 Å². The summed E-state index contributed by atoms with van der Waals surface area (Å²) in [5.74, 6) is 0. The van der Waals surface area contributed by atoms with E-state index in [9.17, 15) is 0 Å². The van der Waals surface area contributed by atoms with Crippen LogP contribution in [0.25, 0.3) is 0 Å². The van der Waals surface area contributed by atoms with E-state index in [0.29, 0.717) is 6.61 Å². The second-order valence-electron chi connectivity index (χ2n) is 5.24. The molecule has 1 aromatic heterocycles. The Bertz CT molecular complexity index is 352. The molecule has 0 spiro atoms. The second-order valence-corrected chi connectivity index (χ2v) is 5.24. The molecule has 0 aromatic carbocycles. The Labute approximate surface area is 91.7 Å². The van der Waals surface area contributed by atoms with Gasteiger partial charge in [-0.15, -0.1) is 0 Å². The highest BCUT2D eigenvalue weighted by molar-refractivity contribution is 5.29. The lowest BCUT2D eigenvalue weighted by Gasteiger charge is -2.20. The molecule has 0 aliphatic carbocycles. The molecule has 0 bridgehead atoms. The summed E-state index contributed by atoms with van der Waals surface area (Å²) in [5.41, 5.74) is 4.01. The van der Waals surface area contributed by atoms with Crippen LogP contribution < -0.4 is 0 Å². The molecule has 0 amide bonds. The Kier molecular flexibility index (Phi) is 2.79. The summed E-state index contributed by atoms with van der Waals surface area (Å²) in [6, 6.07) is 2.30. The summed E-state index contributed by atoms with van der Waals surface area (Å²) in [6.45, 7) is 8.22. The molecule has 0 saturated carbocycles. The molecular formula is C13H19NO. The largest absolute Gasteiger partial charge is 0.375 e. The number of rotatable bonds is 0. The van der Waals surface area contributed by atoms with E-state index in [0.717, 1.165) is 25.1 Å². The monoisotopic (exact) mass is 205 g/mol. The van der Waals surface area contributed by atoms with E-state index in [2.05, 4.69) is 31.8 Å². The van der Waals surface area contributed by atoms with Crippen LogP contribution in [0, 0.1) is 0 Å². The number of nitrogens with zero attached hydrogens (tertiary/aromatic N) is 1. The van der Waals surface area contributed by atoms with Crippen LogP contribution in [0.5, 0.6) is 0 Å². The maximum atomic E-state index is 5.48. The molecule has 15 heavy (non-hydrogen) atoms. The van der Waals surface area contributed by atoms with Crippen molar-refractivity contribution in [2.24, 2.45) is 0 Å². The van der Waals surface area contributed by atoms with Gasteiger partial charge in [0, 0.05) is 12.8 Å². The summed E-state index contributed by atoms with van der Waals surface area (Å²) >= 11 is 0. The second kappa shape index (κ2) is 3.93. The number of ether oxygens (including phenoxy) is 1. The molecule has 1 aliphatic rings. The Morgan fingerprint density at radius 1 is 1.33 bits per heavy atom. The average molecular weight is 205 g/mol. The van der Waals surface area contributed by atoms with Crippen molar-refractivity contribution in [1.29, 1.82) is 0 Å². The van der Waals surface area contributed by atoms with Gasteiger partial charge in [0.2, 0.25) is 0 Å². The van der Waals surface area contributed by atoms with Gasteiger partial charge in [-0.2, -0.15) is 0 Å². The molecule has 2 nitrogen and oxygen atoms in total. The van der Waals surface area contributed by atoms with E-state index in [1.54, 1.807) is 0 Å². The molecule has 0 fully saturated rings. The number of fused-ring (bicyclic) bond motifs is 1. The van der Waals surface area contributed by atoms with Crippen LogP contribution in [-0.4, -0.2) is 11.6 Å². The third-order valence-corrected chi connectivity index (χ3v) is 2.90. The van der Waals surface area contributed by atoms with Gasteiger partial charge in [0.1, 0.15) is 0 Å². The molecule has 1 aromatic rings. The van der Waals surface area contributed by atoms with Crippen molar-refractivity contribution in [3.63, 3.8) is 0 Å². The SMILES string of the molecule is CC(C)(C)c1cnc2c(c1)CCCOC2. The van der Waals surface area contributed by atoms with Crippen molar-refractivity contribution in [2.45, 2.75) is 45.6 Å². The zero-order chi connectivity index (χ0) is 10.9. The number of hydrogen-bond acceptors (Lipinski definition) is 2. The third kappa shape index (κ3) is 2.37. The van der Waals surface area contributed by atoms with E-state index in [1.807, 2.05) is 6.20 Å². The first kappa shape index (κ1) is 10.6. The molecule has 82 valence electrons. The van der Waals surface area contributed by atoms with Gasteiger partial charge in [-0.25, -0.2) is 0 Å². The van der Waals surface area contributed by atoms with Gasteiger partial charge in [-0.05, 0) is 29.4 Å². The fourth-order valence-corrected chi connectivity index (χ4v) is 1.83. The first-order valence-corrected chi connectivity index (χ1v) is 5.63. The molecule has 1 aliphatic heterocycles. The van der Waals surface area contributed by atoms with E-state index in [4.69, 9.17) is 4.74 Å². The van der Waals surface area contributed by atoms with Gasteiger partial charge >= 0.3 is 0 Å². The highest BCUT2D eigenvalue weighted by Crippen LogP contribution is 2.25. The molecule has 0 atom stereocenters. The van der Waals surface area contributed by atoms with Gasteiger partial charge in [-0.1, -0.05) is 26.8 Å². The normalized spacial score (nSPS) is 17.0. The first-order chi connectivity index (χ1) is 7.07. The molecule has 0 unspecified atom stereocenters. The highest BCUT2D eigenvalue weighted by Gasteiger charge is 2.17.